The van der Waals surface area contributed by atoms with Crippen molar-refractivity contribution < 1.29 is 0 Å². The molecule has 0 amide bonds. The van der Waals surface area contributed by atoms with Crippen LogP contribution < -0.4 is 5.32 Å². The molecule has 94 valence electrons. The molecular weight excluding hydrogens is 206 g/mol. The van der Waals surface area contributed by atoms with E-state index in [4.69, 9.17) is 0 Å². The minimum atomic E-state index is 0.700. The van der Waals surface area contributed by atoms with E-state index in [-0.39, 0.29) is 0 Å². The van der Waals surface area contributed by atoms with Gasteiger partial charge in [0.25, 0.3) is 0 Å². The first kappa shape index (κ1) is 12.5. The van der Waals surface area contributed by atoms with Crippen molar-refractivity contribution in [1.82, 2.24) is 0 Å². The van der Waals surface area contributed by atoms with Crippen LogP contribution in [0.3, 0.4) is 0 Å². The fraction of sp³-hybridized carbons (Fsp3) is 0.625. The van der Waals surface area contributed by atoms with E-state index in [0.717, 1.165) is 12.3 Å². The Hall–Kier alpha value is -0.980. The van der Waals surface area contributed by atoms with Gasteiger partial charge >= 0.3 is 0 Å². The van der Waals surface area contributed by atoms with E-state index in [1.165, 1.54) is 43.4 Å². The van der Waals surface area contributed by atoms with Crippen molar-refractivity contribution in [3.05, 3.63) is 29.8 Å². The molecule has 1 N–H and O–H groups in total. The Kier molecular flexibility index (Phi) is 4.47. The van der Waals surface area contributed by atoms with Gasteiger partial charge in [-0.1, -0.05) is 38.5 Å². The molecule has 0 aliphatic heterocycles. The molecule has 0 saturated heterocycles. The maximum absolute atomic E-state index is 3.75. The smallest absolute Gasteiger partial charge is 0.0374 e. The van der Waals surface area contributed by atoms with Gasteiger partial charge < -0.3 is 5.32 Å². The Balaban J connectivity index is 1.93. The molecule has 0 aromatic heterocycles. The number of benzene rings is 1. The fourth-order valence-electron chi connectivity index (χ4n) is 2.90. The summed E-state index contributed by atoms with van der Waals surface area (Å²) < 4.78 is 0. The maximum Gasteiger partial charge on any atom is 0.0374 e. The summed E-state index contributed by atoms with van der Waals surface area (Å²) >= 11 is 0. The molecule has 1 aliphatic carbocycles. The van der Waals surface area contributed by atoms with Crippen molar-refractivity contribution >= 4 is 5.69 Å². The third-order valence-electron chi connectivity index (χ3n) is 4.18. The van der Waals surface area contributed by atoms with Crippen molar-refractivity contribution in [2.75, 3.05) is 5.32 Å². The molecule has 1 fully saturated rings. The van der Waals surface area contributed by atoms with Crippen molar-refractivity contribution in [1.29, 1.82) is 0 Å². The van der Waals surface area contributed by atoms with Crippen LogP contribution in [-0.4, -0.2) is 6.04 Å². The lowest BCUT2D eigenvalue weighted by molar-refractivity contribution is 0.330. The molecule has 0 spiro atoms. The average molecular weight is 231 g/mol. The lowest BCUT2D eigenvalue weighted by atomic mass is 9.84. The minimum Gasteiger partial charge on any atom is -0.382 e. The van der Waals surface area contributed by atoms with Gasteiger partial charge in [0.2, 0.25) is 0 Å². The van der Waals surface area contributed by atoms with Gasteiger partial charge in [0.1, 0.15) is 0 Å². The van der Waals surface area contributed by atoms with Crippen LogP contribution in [0.5, 0.6) is 0 Å². The Bertz CT molecular complexity index is 337. The molecule has 1 aromatic rings. The third kappa shape index (κ3) is 3.24. The van der Waals surface area contributed by atoms with E-state index in [1.54, 1.807) is 0 Å². The molecule has 1 saturated carbocycles. The molecule has 1 nitrogen and oxygen atoms in total. The molecule has 0 atom stereocenters. The quantitative estimate of drug-likeness (QED) is 0.796. The normalized spacial score (nSPS) is 24.6. The molecule has 1 aliphatic rings. The Morgan fingerprint density at radius 2 is 1.76 bits per heavy atom. The van der Waals surface area contributed by atoms with E-state index in [2.05, 4.69) is 43.4 Å². The summed E-state index contributed by atoms with van der Waals surface area (Å²) in [7, 11) is 0. The monoisotopic (exact) mass is 231 g/mol. The van der Waals surface area contributed by atoms with Crippen molar-refractivity contribution in [3.63, 3.8) is 0 Å². The Morgan fingerprint density at radius 1 is 1.06 bits per heavy atom. The summed E-state index contributed by atoms with van der Waals surface area (Å²) in [6.07, 6.45) is 7.98. The summed E-state index contributed by atoms with van der Waals surface area (Å²) in [5.74, 6) is 0.981. The summed E-state index contributed by atoms with van der Waals surface area (Å²) in [4.78, 5) is 0. The molecule has 0 bridgehead atoms. The average Bonchev–Trinajstić information content (AvgIpc) is 2.40. The summed E-state index contributed by atoms with van der Waals surface area (Å²) in [5, 5.41) is 3.75. The van der Waals surface area contributed by atoms with Crippen LogP contribution in [0, 0.1) is 5.92 Å². The number of hydrogen-bond donors (Lipinski definition) is 1. The lowest BCUT2D eigenvalue weighted by Crippen LogP contribution is -2.26. The first-order valence-corrected chi connectivity index (χ1v) is 7.18. The van der Waals surface area contributed by atoms with Gasteiger partial charge in [-0.2, -0.15) is 0 Å². The van der Waals surface area contributed by atoms with Crippen LogP contribution >= 0.6 is 0 Å². The molecule has 1 aromatic carbocycles. The number of hydrogen-bond acceptors (Lipinski definition) is 1. The summed E-state index contributed by atoms with van der Waals surface area (Å²) in [6.45, 7) is 4.55. The highest BCUT2D eigenvalue weighted by Crippen LogP contribution is 2.29. The second-order valence-corrected chi connectivity index (χ2v) is 5.28. The predicted molar refractivity (Wildman–Crippen MR) is 75.5 cm³/mol. The van der Waals surface area contributed by atoms with Crippen LogP contribution in [0.25, 0.3) is 0 Å². The maximum atomic E-state index is 3.75. The van der Waals surface area contributed by atoms with Gasteiger partial charge in [-0.25, -0.2) is 0 Å². The first-order valence-electron chi connectivity index (χ1n) is 7.18. The molecule has 0 unspecified atom stereocenters. The number of nitrogens with one attached hydrogen (secondary N) is 1. The largest absolute Gasteiger partial charge is 0.382 e. The van der Waals surface area contributed by atoms with E-state index in [0.29, 0.717) is 6.04 Å². The third-order valence-corrected chi connectivity index (χ3v) is 4.18. The molecule has 17 heavy (non-hydrogen) atoms. The van der Waals surface area contributed by atoms with Crippen LogP contribution in [0.4, 0.5) is 5.69 Å². The minimum absolute atomic E-state index is 0.700. The van der Waals surface area contributed by atoms with Crippen molar-refractivity contribution in [2.24, 2.45) is 5.92 Å². The first-order chi connectivity index (χ1) is 8.33. The zero-order chi connectivity index (χ0) is 12.1. The molecular formula is C16H25N. The number of anilines is 1. The van der Waals surface area contributed by atoms with E-state index in [9.17, 15) is 0 Å². The van der Waals surface area contributed by atoms with Crippen LogP contribution in [0.2, 0.25) is 0 Å². The number of rotatable bonds is 4. The Labute approximate surface area is 106 Å². The van der Waals surface area contributed by atoms with E-state index >= 15 is 0 Å². The second-order valence-electron chi connectivity index (χ2n) is 5.28. The summed E-state index contributed by atoms with van der Waals surface area (Å²) in [5.41, 5.74) is 2.81. The van der Waals surface area contributed by atoms with Crippen molar-refractivity contribution in [2.45, 2.75) is 58.4 Å². The van der Waals surface area contributed by atoms with Crippen LogP contribution in [0.1, 0.15) is 51.5 Å². The predicted octanol–water partition coefficient (Wildman–Crippen LogP) is 4.63. The topological polar surface area (TPSA) is 12.0 Å². The lowest BCUT2D eigenvalue weighted by Gasteiger charge is -2.29. The number of para-hydroxylation sites is 1. The van der Waals surface area contributed by atoms with E-state index < -0.39 is 0 Å². The SMILES string of the molecule is CCc1ccccc1NC1CCC(CC)CC1. The standard InChI is InChI=1S/C16H25N/c1-3-13-9-11-15(12-10-13)17-16-8-6-5-7-14(16)4-2/h5-8,13,15,17H,3-4,9-12H2,1-2H3. The molecule has 0 radical (unpaired) electrons. The van der Waals surface area contributed by atoms with Crippen molar-refractivity contribution in [3.8, 4) is 0 Å². The fourth-order valence-corrected chi connectivity index (χ4v) is 2.90. The summed E-state index contributed by atoms with van der Waals surface area (Å²) in [6, 6.07) is 9.44. The second kappa shape index (κ2) is 6.09. The van der Waals surface area contributed by atoms with Gasteiger partial charge in [0, 0.05) is 11.7 Å². The van der Waals surface area contributed by atoms with Gasteiger partial charge in [-0.05, 0) is 49.7 Å². The van der Waals surface area contributed by atoms with Gasteiger partial charge in [0.15, 0.2) is 0 Å². The number of aryl methyl sites for hydroxylation is 1. The zero-order valence-electron chi connectivity index (χ0n) is 11.2. The molecule has 1 heteroatoms. The highest BCUT2D eigenvalue weighted by atomic mass is 14.9. The molecule has 2 rings (SSSR count). The van der Waals surface area contributed by atoms with Gasteiger partial charge in [-0.3, -0.25) is 0 Å². The Morgan fingerprint density at radius 3 is 2.41 bits per heavy atom. The highest BCUT2D eigenvalue weighted by Gasteiger charge is 2.19. The van der Waals surface area contributed by atoms with E-state index in [1.807, 2.05) is 0 Å². The molecule has 0 heterocycles. The van der Waals surface area contributed by atoms with Crippen LogP contribution in [-0.2, 0) is 6.42 Å². The highest BCUT2D eigenvalue weighted by molar-refractivity contribution is 5.51. The van der Waals surface area contributed by atoms with Crippen LogP contribution in [0.15, 0.2) is 24.3 Å². The van der Waals surface area contributed by atoms with Gasteiger partial charge in [-0.15, -0.1) is 0 Å². The zero-order valence-corrected chi connectivity index (χ0v) is 11.2. The van der Waals surface area contributed by atoms with Gasteiger partial charge in [0.05, 0.1) is 0 Å².